The molecule has 1 heterocycles. The predicted octanol–water partition coefficient (Wildman–Crippen LogP) is 3.08. The zero-order valence-corrected chi connectivity index (χ0v) is 10.4. The number of benzene rings is 2. The topological polar surface area (TPSA) is 54.9 Å². The van der Waals surface area contributed by atoms with E-state index in [1.807, 2.05) is 0 Å². The molecular formula is C13H8FN3OS. The van der Waals surface area contributed by atoms with Gasteiger partial charge in [0.1, 0.15) is 10.8 Å². The average molecular weight is 273 g/mol. The summed E-state index contributed by atoms with van der Waals surface area (Å²) in [5.74, 6) is -0.645. The van der Waals surface area contributed by atoms with Crippen molar-refractivity contribution in [2.45, 2.75) is 0 Å². The molecular weight excluding hydrogens is 265 g/mol. The van der Waals surface area contributed by atoms with E-state index in [9.17, 15) is 9.18 Å². The van der Waals surface area contributed by atoms with E-state index in [1.165, 1.54) is 18.3 Å². The monoisotopic (exact) mass is 273 g/mol. The van der Waals surface area contributed by atoms with Gasteiger partial charge in [0.15, 0.2) is 0 Å². The summed E-state index contributed by atoms with van der Waals surface area (Å²) in [4.78, 5) is 12.2. The molecule has 3 aromatic rings. The number of nitrogens with one attached hydrogen (secondary N) is 1. The van der Waals surface area contributed by atoms with Crippen molar-refractivity contribution in [1.82, 2.24) is 9.59 Å². The Balaban J connectivity index is 2.05. The van der Waals surface area contributed by atoms with Crippen molar-refractivity contribution in [1.29, 1.82) is 0 Å². The van der Waals surface area contributed by atoms with E-state index in [-0.39, 0.29) is 11.7 Å². The zero-order chi connectivity index (χ0) is 13.2. The highest BCUT2D eigenvalue weighted by Crippen LogP contribution is 2.23. The minimum Gasteiger partial charge on any atom is -0.311 e. The number of fused-ring (bicyclic) bond motifs is 1. The van der Waals surface area contributed by atoms with Crippen LogP contribution in [0.2, 0.25) is 0 Å². The number of halogens is 1. The van der Waals surface area contributed by atoms with Crippen molar-refractivity contribution in [3.63, 3.8) is 0 Å². The molecule has 0 radical (unpaired) electrons. The summed E-state index contributed by atoms with van der Waals surface area (Å²) in [6, 6.07) is 9.64. The van der Waals surface area contributed by atoms with Crippen LogP contribution in [0.3, 0.4) is 0 Å². The van der Waals surface area contributed by atoms with Crippen LogP contribution >= 0.6 is 11.5 Å². The van der Waals surface area contributed by atoms with E-state index in [4.69, 9.17) is 0 Å². The number of hydrogen-bond donors (Lipinski definition) is 1. The van der Waals surface area contributed by atoms with Gasteiger partial charge < -0.3 is 5.32 Å². The summed E-state index contributed by atoms with van der Waals surface area (Å²) >= 11 is 1.09. The van der Waals surface area contributed by atoms with E-state index in [0.29, 0.717) is 21.3 Å². The van der Waals surface area contributed by atoms with Crippen LogP contribution in [-0.4, -0.2) is 15.5 Å². The first kappa shape index (κ1) is 11.7. The Morgan fingerprint density at radius 1 is 1.16 bits per heavy atom. The van der Waals surface area contributed by atoms with Gasteiger partial charge in [0, 0.05) is 22.5 Å². The molecule has 0 unspecified atom stereocenters. The highest BCUT2D eigenvalue weighted by atomic mass is 32.1. The molecule has 0 saturated heterocycles. The molecule has 0 aliphatic carbocycles. The molecule has 1 amide bonds. The van der Waals surface area contributed by atoms with Gasteiger partial charge in [-0.3, -0.25) is 4.79 Å². The number of anilines is 1. The summed E-state index contributed by atoms with van der Waals surface area (Å²) in [6.07, 6.45) is 1.47. The fourth-order valence-electron chi connectivity index (χ4n) is 1.86. The fraction of sp³-hybridized carbons (Fsp3) is 0. The van der Waals surface area contributed by atoms with Gasteiger partial charge in [-0.15, -0.1) is 5.10 Å². The van der Waals surface area contributed by atoms with Crippen LogP contribution in [0.5, 0.6) is 0 Å². The first-order valence-electron chi connectivity index (χ1n) is 5.51. The quantitative estimate of drug-likeness (QED) is 0.780. The predicted molar refractivity (Wildman–Crippen MR) is 71.8 cm³/mol. The van der Waals surface area contributed by atoms with Crippen molar-refractivity contribution in [2.24, 2.45) is 0 Å². The van der Waals surface area contributed by atoms with E-state index in [2.05, 4.69) is 14.9 Å². The Labute approximate surface area is 112 Å². The minimum atomic E-state index is -0.341. The molecule has 4 nitrogen and oxygen atoms in total. The second kappa shape index (κ2) is 4.74. The van der Waals surface area contributed by atoms with Crippen LogP contribution < -0.4 is 5.32 Å². The molecule has 0 aliphatic rings. The normalized spacial score (nSPS) is 10.6. The van der Waals surface area contributed by atoms with Gasteiger partial charge >= 0.3 is 0 Å². The third-order valence-corrected chi connectivity index (χ3v) is 3.29. The van der Waals surface area contributed by atoms with Crippen molar-refractivity contribution < 1.29 is 9.18 Å². The van der Waals surface area contributed by atoms with Gasteiger partial charge in [0.25, 0.3) is 5.91 Å². The van der Waals surface area contributed by atoms with Crippen molar-refractivity contribution in [3.8, 4) is 0 Å². The number of rotatable bonds is 2. The van der Waals surface area contributed by atoms with E-state index < -0.39 is 0 Å². The summed E-state index contributed by atoms with van der Waals surface area (Å²) in [5.41, 5.74) is 0.422. The van der Waals surface area contributed by atoms with Crippen molar-refractivity contribution >= 4 is 33.2 Å². The molecule has 1 aromatic heterocycles. The first-order chi connectivity index (χ1) is 9.25. The molecule has 0 saturated carbocycles. The molecule has 0 bridgehead atoms. The molecule has 19 heavy (non-hydrogen) atoms. The lowest BCUT2D eigenvalue weighted by Crippen LogP contribution is -2.11. The lowest BCUT2D eigenvalue weighted by Gasteiger charge is -2.06. The number of aromatic nitrogens is 2. The summed E-state index contributed by atoms with van der Waals surface area (Å²) in [6.45, 7) is 0. The molecule has 6 heteroatoms. The number of hydrogen-bond acceptors (Lipinski definition) is 4. The second-order valence-corrected chi connectivity index (χ2v) is 4.66. The van der Waals surface area contributed by atoms with Crippen LogP contribution in [0.15, 0.2) is 42.6 Å². The SMILES string of the molecule is O=C(Nc1cnns1)c1ccc(F)c2ccccc12. The Hall–Kier alpha value is -2.34. The molecule has 0 fully saturated rings. The average Bonchev–Trinajstić information content (AvgIpc) is 2.92. The maximum atomic E-state index is 13.7. The third-order valence-electron chi connectivity index (χ3n) is 2.71. The fourth-order valence-corrected chi connectivity index (χ4v) is 2.28. The number of nitrogens with zero attached hydrogens (tertiary/aromatic N) is 2. The molecule has 94 valence electrons. The zero-order valence-electron chi connectivity index (χ0n) is 9.63. The van der Waals surface area contributed by atoms with E-state index in [1.54, 1.807) is 24.3 Å². The lowest BCUT2D eigenvalue weighted by atomic mass is 10.0. The van der Waals surface area contributed by atoms with Gasteiger partial charge in [-0.05, 0) is 17.5 Å². The lowest BCUT2D eigenvalue weighted by molar-refractivity contribution is 0.102. The molecule has 0 atom stereocenters. The van der Waals surface area contributed by atoms with Crippen molar-refractivity contribution in [2.75, 3.05) is 5.32 Å². The number of carbonyl (C=O) groups excluding carboxylic acids is 1. The van der Waals surface area contributed by atoms with Gasteiger partial charge in [-0.25, -0.2) is 4.39 Å². The maximum Gasteiger partial charge on any atom is 0.256 e. The van der Waals surface area contributed by atoms with Crippen LogP contribution in [0.25, 0.3) is 10.8 Å². The highest BCUT2D eigenvalue weighted by Gasteiger charge is 2.13. The standard InChI is InChI=1S/C13H8FN3OS/c14-11-6-5-10(8-3-1-2-4-9(8)11)13(18)16-12-7-15-17-19-12/h1-7H,(H,16,18). The molecule has 1 N–H and O–H groups in total. The van der Waals surface area contributed by atoms with Gasteiger partial charge in [-0.2, -0.15) is 0 Å². The Kier molecular flexibility index (Phi) is 2.92. The van der Waals surface area contributed by atoms with Gasteiger partial charge in [0.2, 0.25) is 0 Å². The summed E-state index contributed by atoms with van der Waals surface area (Å²) < 4.78 is 17.3. The number of carbonyl (C=O) groups is 1. The smallest absolute Gasteiger partial charge is 0.256 e. The Morgan fingerprint density at radius 3 is 2.68 bits per heavy atom. The summed E-state index contributed by atoms with van der Waals surface area (Å²) in [7, 11) is 0. The largest absolute Gasteiger partial charge is 0.311 e. The van der Waals surface area contributed by atoms with Gasteiger partial charge in [0.05, 0.1) is 6.20 Å². The minimum absolute atomic E-state index is 0.303. The molecule has 3 rings (SSSR count). The van der Waals surface area contributed by atoms with Crippen LogP contribution in [0.4, 0.5) is 9.39 Å². The molecule has 2 aromatic carbocycles. The van der Waals surface area contributed by atoms with E-state index in [0.717, 1.165) is 11.5 Å². The first-order valence-corrected chi connectivity index (χ1v) is 6.29. The number of amides is 1. The third kappa shape index (κ3) is 2.17. The molecule has 0 spiro atoms. The van der Waals surface area contributed by atoms with Crippen LogP contribution in [0.1, 0.15) is 10.4 Å². The Bertz CT molecular complexity index is 743. The molecule has 0 aliphatic heterocycles. The van der Waals surface area contributed by atoms with E-state index >= 15 is 0 Å². The highest BCUT2D eigenvalue weighted by molar-refractivity contribution is 7.10. The Morgan fingerprint density at radius 2 is 1.95 bits per heavy atom. The summed E-state index contributed by atoms with van der Waals surface area (Å²) in [5, 5.41) is 7.88. The van der Waals surface area contributed by atoms with Crippen LogP contribution in [0, 0.1) is 5.82 Å². The van der Waals surface area contributed by atoms with Gasteiger partial charge in [-0.1, -0.05) is 28.8 Å². The van der Waals surface area contributed by atoms with Crippen LogP contribution in [-0.2, 0) is 0 Å². The van der Waals surface area contributed by atoms with Crippen molar-refractivity contribution in [3.05, 3.63) is 54.0 Å². The second-order valence-electron chi connectivity index (χ2n) is 3.88. The maximum absolute atomic E-state index is 13.7.